The Kier molecular flexibility index (Phi) is 5.01. The van der Waals surface area contributed by atoms with Crippen LogP contribution in [0.25, 0.3) is 0 Å². The van der Waals surface area contributed by atoms with E-state index in [4.69, 9.17) is 4.74 Å². The van der Waals surface area contributed by atoms with Gasteiger partial charge in [-0.2, -0.15) is 0 Å². The first-order valence-electron chi connectivity index (χ1n) is 7.29. The largest absolute Gasteiger partial charge is 0.465 e. The molecule has 0 radical (unpaired) electrons. The molecular weight excluding hydrogens is 252 g/mol. The predicted octanol–water partition coefficient (Wildman–Crippen LogP) is 2.76. The molecule has 1 aliphatic rings. The molecule has 110 valence electrons. The van der Waals surface area contributed by atoms with Gasteiger partial charge in [0.05, 0.1) is 12.7 Å². The lowest BCUT2D eigenvalue weighted by Crippen LogP contribution is -2.42. The lowest BCUT2D eigenvalue weighted by Gasteiger charge is -2.35. The fraction of sp³-hybridized carbons (Fsp3) is 0.562. The molecule has 1 heterocycles. The fourth-order valence-electron chi connectivity index (χ4n) is 2.68. The van der Waals surface area contributed by atoms with Gasteiger partial charge in [-0.25, -0.2) is 4.79 Å². The molecule has 1 aliphatic heterocycles. The Labute approximate surface area is 121 Å². The molecule has 0 atom stereocenters. The molecule has 1 aromatic carbocycles. The summed E-state index contributed by atoms with van der Waals surface area (Å²) < 4.78 is 4.83. The van der Waals surface area contributed by atoms with Gasteiger partial charge in [-0.1, -0.05) is 12.1 Å². The number of methoxy groups -OCH3 is 1. The molecule has 0 unspecified atom stereocenters. The van der Waals surface area contributed by atoms with Crippen LogP contribution in [0.3, 0.4) is 0 Å². The Morgan fingerprint density at radius 3 is 2.55 bits per heavy atom. The van der Waals surface area contributed by atoms with Crippen LogP contribution in [-0.4, -0.2) is 43.2 Å². The van der Waals surface area contributed by atoms with Gasteiger partial charge in [0.25, 0.3) is 0 Å². The lowest BCUT2D eigenvalue weighted by atomic mass is 10.0. The average Bonchev–Trinajstić information content (AvgIpc) is 2.47. The second-order valence-electron chi connectivity index (χ2n) is 5.59. The van der Waals surface area contributed by atoms with Crippen molar-refractivity contribution in [1.29, 1.82) is 0 Å². The Bertz CT molecular complexity index is 452. The molecule has 1 saturated heterocycles. The Balaban J connectivity index is 1.99. The Hall–Kier alpha value is -1.55. The number of rotatable bonds is 4. The molecule has 0 aromatic heterocycles. The van der Waals surface area contributed by atoms with Crippen LogP contribution in [0, 0.1) is 0 Å². The number of nitrogens with zero attached hydrogens (tertiary/aromatic N) is 1. The zero-order valence-corrected chi connectivity index (χ0v) is 12.6. The van der Waals surface area contributed by atoms with Crippen molar-refractivity contribution in [3.05, 3.63) is 29.8 Å². The number of esters is 1. The van der Waals surface area contributed by atoms with E-state index in [0.717, 1.165) is 31.6 Å². The van der Waals surface area contributed by atoms with Gasteiger partial charge in [-0.05, 0) is 38.8 Å². The Morgan fingerprint density at radius 2 is 1.95 bits per heavy atom. The van der Waals surface area contributed by atoms with Crippen molar-refractivity contribution >= 4 is 11.7 Å². The number of nitrogens with one attached hydrogen (secondary N) is 1. The molecule has 1 aromatic rings. The number of hydrogen-bond acceptors (Lipinski definition) is 4. The van der Waals surface area contributed by atoms with Crippen molar-refractivity contribution < 1.29 is 9.53 Å². The van der Waals surface area contributed by atoms with Crippen LogP contribution in [-0.2, 0) is 4.74 Å². The topological polar surface area (TPSA) is 41.6 Å². The van der Waals surface area contributed by atoms with Crippen molar-refractivity contribution in [2.24, 2.45) is 0 Å². The minimum atomic E-state index is -0.285. The van der Waals surface area contributed by atoms with Gasteiger partial charge >= 0.3 is 5.97 Å². The summed E-state index contributed by atoms with van der Waals surface area (Å²) in [7, 11) is 1.42. The maximum absolute atomic E-state index is 11.7. The maximum Gasteiger partial charge on any atom is 0.339 e. The van der Waals surface area contributed by atoms with Crippen molar-refractivity contribution in [3.63, 3.8) is 0 Å². The van der Waals surface area contributed by atoms with E-state index in [2.05, 4.69) is 24.1 Å². The minimum absolute atomic E-state index is 0.285. The van der Waals surface area contributed by atoms with Crippen LogP contribution >= 0.6 is 0 Å². The molecule has 0 spiro atoms. The first kappa shape index (κ1) is 14.9. The third kappa shape index (κ3) is 3.51. The number of piperidine rings is 1. The standard InChI is InChI=1S/C16H24N2O2/c1-12(2)18-10-8-13(9-11-18)17-15-7-5-4-6-14(15)16(19)20-3/h4-7,12-13,17H,8-11H2,1-3H3. The molecule has 0 saturated carbocycles. The summed E-state index contributed by atoms with van der Waals surface area (Å²) >= 11 is 0. The second-order valence-corrected chi connectivity index (χ2v) is 5.59. The quantitative estimate of drug-likeness (QED) is 0.859. The summed E-state index contributed by atoms with van der Waals surface area (Å²) in [4.78, 5) is 14.2. The van der Waals surface area contributed by atoms with Crippen molar-refractivity contribution in [2.75, 3.05) is 25.5 Å². The zero-order chi connectivity index (χ0) is 14.5. The summed E-state index contributed by atoms with van der Waals surface area (Å²) in [5.41, 5.74) is 1.49. The minimum Gasteiger partial charge on any atom is -0.465 e. The molecule has 1 fully saturated rings. The summed E-state index contributed by atoms with van der Waals surface area (Å²) in [5, 5.41) is 3.50. The molecule has 2 rings (SSSR count). The third-order valence-electron chi connectivity index (χ3n) is 3.95. The molecular formula is C16H24N2O2. The van der Waals surface area contributed by atoms with Crippen LogP contribution < -0.4 is 5.32 Å². The van der Waals surface area contributed by atoms with Gasteiger partial charge in [-0.15, -0.1) is 0 Å². The number of likely N-dealkylation sites (tertiary alicyclic amines) is 1. The molecule has 1 N–H and O–H groups in total. The number of carbonyl (C=O) groups is 1. The van der Waals surface area contributed by atoms with Gasteiger partial charge in [0.2, 0.25) is 0 Å². The van der Waals surface area contributed by atoms with Gasteiger partial charge in [0.1, 0.15) is 0 Å². The smallest absolute Gasteiger partial charge is 0.339 e. The number of anilines is 1. The van der Waals surface area contributed by atoms with Crippen LogP contribution in [0.4, 0.5) is 5.69 Å². The van der Waals surface area contributed by atoms with Crippen molar-refractivity contribution in [2.45, 2.75) is 38.8 Å². The number of ether oxygens (including phenoxy) is 1. The van der Waals surface area contributed by atoms with Crippen LogP contribution in [0.2, 0.25) is 0 Å². The first-order chi connectivity index (χ1) is 9.61. The number of carbonyl (C=O) groups excluding carboxylic acids is 1. The first-order valence-corrected chi connectivity index (χ1v) is 7.29. The molecule has 0 bridgehead atoms. The maximum atomic E-state index is 11.7. The number of benzene rings is 1. The predicted molar refractivity (Wildman–Crippen MR) is 81.1 cm³/mol. The monoisotopic (exact) mass is 276 g/mol. The SMILES string of the molecule is COC(=O)c1ccccc1NC1CCN(C(C)C)CC1. The van der Waals surface area contributed by atoms with E-state index in [-0.39, 0.29) is 5.97 Å². The molecule has 20 heavy (non-hydrogen) atoms. The summed E-state index contributed by atoms with van der Waals surface area (Å²) in [6, 6.07) is 8.59. The fourth-order valence-corrected chi connectivity index (χ4v) is 2.68. The summed E-state index contributed by atoms with van der Waals surface area (Å²) in [6.07, 6.45) is 2.21. The highest BCUT2D eigenvalue weighted by Crippen LogP contribution is 2.21. The van der Waals surface area contributed by atoms with Crippen LogP contribution in [0.15, 0.2) is 24.3 Å². The van der Waals surface area contributed by atoms with E-state index >= 15 is 0 Å². The van der Waals surface area contributed by atoms with Crippen molar-refractivity contribution in [1.82, 2.24) is 4.90 Å². The van der Waals surface area contributed by atoms with Gasteiger partial charge in [0.15, 0.2) is 0 Å². The van der Waals surface area contributed by atoms with Crippen molar-refractivity contribution in [3.8, 4) is 0 Å². The van der Waals surface area contributed by atoms with Gasteiger partial charge in [0, 0.05) is 30.9 Å². The van der Waals surface area contributed by atoms with Crippen LogP contribution in [0.1, 0.15) is 37.0 Å². The molecule has 0 amide bonds. The normalized spacial score (nSPS) is 17.2. The highest BCUT2D eigenvalue weighted by atomic mass is 16.5. The summed E-state index contributed by atoms with van der Waals surface area (Å²) in [6.45, 7) is 6.69. The number of hydrogen-bond donors (Lipinski definition) is 1. The summed E-state index contributed by atoms with van der Waals surface area (Å²) in [5.74, 6) is -0.285. The average molecular weight is 276 g/mol. The Morgan fingerprint density at radius 1 is 1.30 bits per heavy atom. The van der Waals surface area contributed by atoms with E-state index in [0.29, 0.717) is 17.6 Å². The van der Waals surface area contributed by atoms with E-state index in [1.165, 1.54) is 7.11 Å². The zero-order valence-electron chi connectivity index (χ0n) is 12.6. The van der Waals surface area contributed by atoms with Crippen LogP contribution in [0.5, 0.6) is 0 Å². The van der Waals surface area contributed by atoms with E-state index < -0.39 is 0 Å². The highest BCUT2D eigenvalue weighted by Gasteiger charge is 2.22. The molecule has 4 heteroatoms. The lowest BCUT2D eigenvalue weighted by molar-refractivity contribution is 0.0601. The van der Waals surface area contributed by atoms with E-state index in [9.17, 15) is 4.79 Å². The molecule has 4 nitrogen and oxygen atoms in total. The van der Waals surface area contributed by atoms with E-state index in [1.54, 1.807) is 6.07 Å². The van der Waals surface area contributed by atoms with Gasteiger partial charge < -0.3 is 15.0 Å². The highest BCUT2D eigenvalue weighted by molar-refractivity contribution is 5.95. The van der Waals surface area contributed by atoms with Gasteiger partial charge in [-0.3, -0.25) is 0 Å². The second kappa shape index (κ2) is 6.75. The van der Waals surface area contributed by atoms with E-state index in [1.807, 2.05) is 18.2 Å². The number of para-hydroxylation sites is 1. The molecule has 0 aliphatic carbocycles. The third-order valence-corrected chi connectivity index (χ3v) is 3.95.